The van der Waals surface area contributed by atoms with Crippen molar-refractivity contribution >= 4 is 10.8 Å². The highest BCUT2D eigenvalue weighted by molar-refractivity contribution is 5.85. The Morgan fingerprint density at radius 2 is 2.14 bits per heavy atom. The van der Waals surface area contributed by atoms with Crippen molar-refractivity contribution in [2.45, 2.75) is 13.0 Å². The molecule has 0 fully saturated rings. The minimum Gasteiger partial charge on any atom is -0.313 e. The van der Waals surface area contributed by atoms with Crippen molar-refractivity contribution < 1.29 is 0 Å². The Kier molecular flexibility index (Phi) is 2.46. The first-order valence-corrected chi connectivity index (χ1v) is 4.83. The SMILES string of the molecule is CN[C@@H](C)c1cccc2cnccc12. The lowest BCUT2D eigenvalue weighted by atomic mass is 10.0. The molecule has 2 heteroatoms. The van der Waals surface area contributed by atoms with E-state index in [1.807, 2.05) is 19.4 Å². The Morgan fingerprint density at radius 3 is 2.93 bits per heavy atom. The molecule has 0 unspecified atom stereocenters. The van der Waals surface area contributed by atoms with Gasteiger partial charge in [0.1, 0.15) is 0 Å². The predicted octanol–water partition coefficient (Wildman–Crippen LogP) is 2.52. The maximum Gasteiger partial charge on any atom is 0.0346 e. The molecule has 0 aliphatic carbocycles. The molecule has 0 bridgehead atoms. The van der Waals surface area contributed by atoms with Gasteiger partial charge in [-0.05, 0) is 31.0 Å². The Labute approximate surface area is 84.0 Å². The third kappa shape index (κ3) is 1.49. The predicted molar refractivity (Wildman–Crippen MR) is 59.2 cm³/mol. The Bertz CT molecular complexity index is 432. The molecular weight excluding hydrogens is 172 g/mol. The lowest BCUT2D eigenvalue weighted by Gasteiger charge is -2.13. The lowest BCUT2D eigenvalue weighted by molar-refractivity contribution is 0.657. The summed E-state index contributed by atoms with van der Waals surface area (Å²) in [4.78, 5) is 4.12. The van der Waals surface area contributed by atoms with Crippen LogP contribution in [-0.2, 0) is 0 Å². The summed E-state index contributed by atoms with van der Waals surface area (Å²) < 4.78 is 0. The van der Waals surface area contributed by atoms with Crippen LogP contribution in [0.5, 0.6) is 0 Å². The van der Waals surface area contributed by atoms with Gasteiger partial charge in [-0.15, -0.1) is 0 Å². The molecule has 1 heterocycles. The average Bonchev–Trinajstić information content (AvgIpc) is 2.27. The van der Waals surface area contributed by atoms with Gasteiger partial charge < -0.3 is 5.32 Å². The average molecular weight is 186 g/mol. The first-order valence-electron chi connectivity index (χ1n) is 4.83. The Hall–Kier alpha value is -1.41. The quantitative estimate of drug-likeness (QED) is 0.779. The van der Waals surface area contributed by atoms with Crippen molar-refractivity contribution in [2.75, 3.05) is 7.05 Å². The number of rotatable bonds is 2. The van der Waals surface area contributed by atoms with Crippen LogP contribution in [0.2, 0.25) is 0 Å². The molecule has 0 spiro atoms. The van der Waals surface area contributed by atoms with Crippen LogP contribution in [0.3, 0.4) is 0 Å². The van der Waals surface area contributed by atoms with E-state index in [0.717, 1.165) is 0 Å². The van der Waals surface area contributed by atoms with Gasteiger partial charge in [0.15, 0.2) is 0 Å². The highest BCUT2D eigenvalue weighted by atomic mass is 14.9. The van der Waals surface area contributed by atoms with E-state index in [2.05, 4.69) is 41.5 Å². The summed E-state index contributed by atoms with van der Waals surface area (Å²) in [6.45, 7) is 2.16. The summed E-state index contributed by atoms with van der Waals surface area (Å²) in [5.41, 5.74) is 1.33. The van der Waals surface area contributed by atoms with Crippen molar-refractivity contribution in [3.05, 3.63) is 42.2 Å². The molecule has 1 atom stereocenters. The van der Waals surface area contributed by atoms with E-state index in [-0.39, 0.29) is 0 Å². The second-order valence-corrected chi connectivity index (χ2v) is 3.45. The molecule has 2 rings (SSSR count). The van der Waals surface area contributed by atoms with Crippen LogP contribution in [0, 0.1) is 0 Å². The number of nitrogens with one attached hydrogen (secondary N) is 1. The van der Waals surface area contributed by atoms with Crippen LogP contribution in [-0.4, -0.2) is 12.0 Å². The van der Waals surface area contributed by atoms with Gasteiger partial charge in [0.2, 0.25) is 0 Å². The monoisotopic (exact) mass is 186 g/mol. The molecule has 14 heavy (non-hydrogen) atoms. The molecule has 0 radical (unpaired) electrons. The molecule has 0 aliphatic rings. The molecule has 0 saturated carbocycles. The van der Waals surface area contributed by atoms with Gasteiger partial charge in [0.25, 0.3) is 0 Å². The Balaban J connectivity index is 2.65. The van der Waals surface area contributed by atoms with Gasteiger partial charge >= 0.3 is 0 Å². The second kappa shape index (κ2) is 3.76. The number of benzene rings is 1. The van der Waals surface area contributed by atoms with Crippen LogP contribution in [0.15, 0.2) is 36.7 Å². The molecule has 1 aromatic carbocycles. The molecule has 0 amide bonds. The summed E-state index contributed by atoms with van der Waals surface area (Å²) >= 11 is 0. The molecule has 72 valence electrons. The maximum atomic E-state index is 4.12. The summed E-state index contributed by atoms with van der Waals surface area (Å²) in [5.74, 6) is 0. The van der Waals surface area contributed by atoms with Gasteiger partial charge in [0, 0.05) is 23.8 Å². The van der Waals surface area contributed by atoms with E-state index in [0.29, 0.717) is 6.04 Å². The van der Waals surface area contributed by atoms with Crippen LogP contribution in [0.4, 0.5) is 0 Å². The smallest absolute Gasteiger partial charge is 0.0346 e. The van der Waals surface area contributed by atoms with E-state index in [4.69, 9.17) is 0 Å². The number of pyridine rings is 1. The summed E-state index contributed by atoms with van der Waals surface area (Å²) in [7, 11) is 1.98. The topological polar surface area (TPSA) is 24.9 Å². The fourth-order valence-corrected chi connectivity index (χ4v) is 1.68. The van der Waals surface area contributed by atoms with Gasteiger partial charge in [-0.2, -0.15) is 0 Å². The number of fused-ring (bicyclic) bond motifs is 1. The van der Waals surface area contributed by atoms with Crippen LogP contribution < -0.4 is 5.32 Å². The third-order valence-corrected chi connectivity index (χ3v) is 2.61. The van der Waals surface area contributed by atoms with Crippen LogP contribution >= 0.6 is 0 Å². The lowest BCUT2D eigenvalue weighted by Crippen LogP contribution is -2.12. The molecule has 1 N–H and O–H groups in total. The Morgan fingerprint density at radius 1 is 1.29 bits per heavy atom. The van der Waals surface area contributed by atoms with Crippen LogP contribution in [0.25, 0.3) is 10.8 Å². The number of hydrogen-bond acceptors (Lipinski definition) is 2. The maximum absolute atomic E-state index is 4.12. The normalized spacial score (nSPS) is 13.0. The molecule has 0 aliphatic heterocycles. The summed E-state index contributed by atoms with van der Waals surface area (Å²) in [5, 5.41) is 5.74. The van der Waals surface area contributed by atoms with Crippen molar-refractivity contribution in [3.8, 4) is 0 Å². The standard InChI is InChI=1S/C12H14N2/c1-9(13-2)11-5-3-4-10-8-14-7-6-12(10)11/h3-9,13H,1-2H3/t9-/m0/s1. The summed E-state index contributed by atoms with van der Waals surface area (Å²) in [6, 6.07) is 8.77. The molecule has 0 saturated heterocycles. The van der Waals surface area contributed by atoms with Crippen LogP contribution in [0.1, 0.15) is 18.5 Å². The van der Waals surface area contributed by atoms with Crippen molar-refractivity contribution in [1.29, 1.82) is 0 Å². The largest absolute Gasteiger partial charge is 0.313 e. The van der Waals surface area contributed by atoms with Crippen molar-refractivity contribution in [1.82, 2.24) is 10.3 Å². The highest BCUT2D eigenvalue weighted by Crippen LogP contribution is 2.22. The number of nitrogens with zero attached hydrogens (tertiary/aromatic N) is 1. The van der Waals surface area contributed by atoms with Crippen molar-refractivity contribution in [2.24, 2.45) is 0 Å². The second-order valence-electron chi connectivity index (χ2n) is 3.45. The zero-order valence-electron chi connectivity index (χ0n) is 8.49. The van der Waals surface area contributed by atoms with Gasteiger partial charge in [-0.3, -0.25) is 4.98 Å². The van der Waals surface area contributed by atoms with E-state index < -0.39 is 0 Å². The highest BCUT2D eigenvalue weighted by Gasteiger charge is 2.05. The van der Waals surface area contributed by atoms with E-state index in [1.54, 1.807) is 0 Å². The molecular formula is C12H14N2. The fraction of sp³-hybridized carbons (Fsp3) is 0.250. The van der Waals surface area contributed by atoms with E-state index in [1.165, 1.54) is 16.3 Å². The minimum atomic E-state index is 0.376. The summed E-state index contributed by atoms with van der Waals surface area (Å²) in [6.07, 6.45) is 3.75. The van der Waals surface area contributed by atoms with E-state index >= 15 is 0 Å². The van der Waals surface area contributed by atoms with Crippen molar-refractivity contribution in [3.63, 3.8) is 0 Å². The molecule has 1 aromatic heterocycles. The number of aromatic nitrogens is 1. The first kappa shape index (κ1) is 9.16. The van der Waals surface area contributed by atoms with Gasteiger partial charge in [-0.25, -0.2) is 0 Å². The molecule has 2 aromatic rings. The van der Waals surface area contributed by atoms with E-state index in [9.17, 15) is 0 Å². The minimum absolute atomic E-state index is 0.376. The molecule has 2 nitrogen and oxygen atoms in total. The fourth-order valence-electron chi connectivity index (χ4n) is 1.68. The zero-order chi connectivity index (χ0) is 9.97. The van der Waals surface area contributed by atoms with Gasteiger partial charge in [0.05, 0.1) is 0 Å². The number of hydrogen-bond donors (Lipinski definition) is 1. The zero-order valence-corrected chi connectivity index (χ0v) is 8.49. The third-order valence-electron chi connectivity index (χ3n) is 2.61. The van der Waals surface area contributed by atoms with Gasteiger partial charge in [-0.1, -0.05) is 18.2 Å². The first-order chi connectivity index (χ1) is 6.83.